The molecule has 12 heavy (non-hydrogen) atoms. The van der Waals surface area contributed by atoms with Crippen LogP contribution in [0.4, 0.5) is 4.39 Å². The Bertz CT molecular complexity index is 295. The van der Waals surface area contributed by atoms with Gasteiger partial charge in [-0.1, -0.05) is 19.9 Å². The van der Waals surface area contributed by atoms with Gasteiger partial charge in [0.1, 0.15) is 0 Å². The molecule has 0 saturated carbocycles. The molecule has 0 unspecified atom stereocenters. The smallest absolute Gasteiger partial charge is 0.194 e. The summed E-state index contributed by atoms with van der Waals surface area (Å²) in [5.41, 5.74) is 0.408. The van der Waals surface area contributed by atoms with Crippen LogP contribution in [0.5, 0.6) is 11.5 Å². The van der Waals surface area contributed by atoms with Crippen molar-refractivity contribution in [3.05, 3.63) is 23.5 Å². The third-order valence-corrected chi connectivity index (χ3v) is 1.75. The maximum absolute atomic E-state index is 13.1. The average molecular weight is 170 g/mol. The lowest BCUT2D eigenvalue weighted by Gasteiger charge is -2.08. The largest absolute Gasteiger partial charge is 0.504 e. The minimum atomic E-state index is -0.731. The van der Waals surface area contributed by atoms with Gasteiger partial charge in [0.05, 0.1) is 0 Å². The minimum Gasteiger partial charge on any atom is -0.504 e. The Balaban J connectivity index is 3.27. The number of phenols is 2. The Morgan fingerprint density at radius 1 is 1.25 bits per heavy atom. The molecule has 0 spiro atoms. The molecule has 2 N–H and O–H groups in total. The highest BCUT2D eigenvalue weighted by Crippen LogP contribution is 2.32. The molecule has 0 saturated heterocycles. The van der Waals surface area contributed by atoms with E-state index in [2.05, 4.69) is 0 Å². The third-order valence-electron chi connectivity index (χ3n) is 1.75. The molecule has 0 aliphatic rings. The maximum Gasteiger partial charge on any atom is 0.194 e. The zero-order chi connectivity index (χ0) is 9.30. The third kappa shape index (κ3) is 1.35. The van der Waals surface area contributed by atoms with Gasteiger partial charge in [-0.15, -0.1) is 0 Å². The van der Waals surface area contributed by atoms with Crippen LogP contribution < -0.4 is 0 Å². The van der Waals surface area contributed by atoms with Crippen LogP contribution in [0.3, 0.4) is 0 Å². The molecule has 0 amide bonds. The lowest BCUT2D eigenvalue weighted by Crippen LogP contribution is -1.92. The number of phenolic OH excluding ortho intramolecular Hbond substituents is 2. The van der Waals surface area contributed by atoms with E-state index in [1.54, 1.807) is 0 Å². The molecule has 2 nitrogen and oxygen atoms in total. The minimum absolute atomic E-state index is 0.00324. The number of benzene rings is 1. The lowest BCUT2D eigenvalue weighted by atomic mass is 10.0. The fourth-order valence-electron chi connectivity index (χ4n) is 1.02. The molecule has 0 atom stereocenters. The quantitative estimate of drug-likeness (QED) is 0.635. The van der Waals surface area contributed by atoms with Crippen molar-refractivity contribution >= 4 is 0 Å². The zero-order valence-electron chi connectivity index (χ0n) is 7.00. The van der Waals surface area contributed by atoms with Gasteiger partial charge in [-0.25, -0.2) is 4.39 Å². The van der Waals surface area contributed by atoms with E-state index >= 15 is 0 Å². The van der Waals surface area contributed by atoms with Crippen molar-refractivity contribution in [3.63, 3.8) is 0 Å². The van der Waals surface area contributed by atoms with Crippen LogP contribution in [0.15, 0.2) is 12.1 Å². The number of rotatable bonds is 1. The molecule has 3 heteroatoms. The topological polar surface area (TPSA) is 40.5 Å². The van der Waals surface area contributed by atoms with Gasteiger partial charge in [-0.05, 0) is 17.5 Å². The molecule has 0 aromatic heterocycles. The molecule has 0 aliphatic carbocycles. The summed E-state index contributed by atoms with van der Waals surface area (Å²) in [6.45, 7) is 3.63. The Hall–Kier alpha value is -1.25. The highest BCUT2D eigenvalue weighted by molar-refractivity contribution is 5.43. The number of halogens is 1. The molecule has 66 valence electrons. The molecule has 0 fully saturated rings. The second kappa shape index (κ2) is 3.01. The van der Waals surface area contributed by atoms with Crippen LogP contribution in [0.25, 0.3) is 0 Å². The first-order valence-electron chi connectivity index (χ1n) is 3.74. The average Bonchev–Trinajstić information content (AvgIpc) is 2.00. The van der Waals surface area contributed by atoms with Crippen molar-refractivity contribution in [3.8, 4) is 11.5 Å². The molecule has 0 aliphatic heterocycles. The fourth-order valence-corrected chi connectivity index (χ4v) is 1.02. The Morgan fingerprint density at radius 3 is 2.33 bits per heavy atom. The van der Waals surface area contributed by atoms with Gasteiger partial charge < -0.3 is 10.2 Å². The van der Waals surface area contributed by atoms with E-state index in [-0.39, 0.29) is 5.92 Å². The molecule has 0 radical (unpaired) electrons. The molecular formula is C9H11FO2. The number of hydrogen-bond donors (Lipinski definition) is 2. The predicted octanol–water partition coefficient (Wildman–Crippen LogP) is 2.36. The van der Waals surface area contributed by atoms with Crippen LogP contribution in [0.1, 0.15) is 25.3 Å². The van der Waals surface area contributed by atoms with Crippen LogP contribution >= 0.6 is 0 Å². The summed E-state index contributed by atoms with van der Waals surface area (Å²) in [6, 6.07) is 2.75. The summed E-state index contributed by atoms with van der Waals surface area (Å²) < 4.78 is 13.1. The standard InChI is InChI=1S/C9H11FO2/c1-5(2)6-3-4-7(11)9(12)8(6)10/h3-5,11-12H,1-2H3. The van der Waals surface area contributed by atoms with E-state index in [1.165, 1.54) is 12.1 Å². The summed E-state index contributed by atoms with van der Waals surface area (Å²) in [6.07, 6.45) is 0. The first-order chi connectivity index (χ1) is 5.54. The van der Waals surface area contributed by atoms with Crippen LogP contribution in [-0.2, 0) is 0 Å². The van der Waals surface area contributed by atoms with Crippen molar-refractivity contribution in [2.45, 2.75) is 19.8 Å². The molecule has 1 rings (SSSR count). The summed E-state index contributed by atoms with van der Waals surface area (Å²) >= 11 is 0. The van der Waals surface area contributed by atoms with Gasteiger partial charge >= 0.3 is 0 Å². The molecule has 0 bridgehead atoms. The van der Waals surface area contributed by atoms with E-state index in [0.717, 1.165) is 0 Å². The summed E-state index contributed by atoms with van der Waals surface area (Å²) in [4.78, 5) is 0. The summed E-state index contributed by atoms with van der Waals surface area (Å²) in [5.74, 6) is -1.82. The van der Waals surface area contributed by atoms with E-state index in [0.29, 0.717) is 5.56 Å². The zero-order valence-corrected chi connectivity index (χ0v) is 7.00. The van der Waals surface area contributed by atoms with Crippen LogP contribution in [0, 0.1) is 5.82 Å². The van der Waals surface area contributed by atoms with Gasteiger partial charge in [0.2, 0.25) is 0 Å². The SMILES string of the molecule is CC(C)c1ccc(O)c(O)c1F. The Labute approximate surface area is 70.3 Å². The van der Waals surface area contributed by atoms with Gasteiger partial charge in [-0.3, -0.25) is 0 Å². The first kappa shape index (κ1) is 8.84. The second-order valence-corrected chi connectivity index (χ2v) is 2.99. The summed E-state index contributed by atoms with van der Waals surface area (Å²) in [7, 11) is 0. The number of hydrogen-bond acceptors (Lipinski definition) is 2. The Kier molecular flexibility index (Phi) is 2.22. The van der Waals surface area contributed by atoms with E-state index < -0.39 is 17.3 Å². The van der Waals surface area contributed by atoms with Crippen molar-refractivity contribution in [2.75, 3.05) is 0 Å². The number of aromatic hydroxyl groups is 2. The molecule has 1 aromatic rings. The monoisotopic (exact) mass is 170 g/mol. The first-order valence-corrected chi connectivity index (χ1v) is 3.74. The fraction of sp³-hybridized carbons (Fsp3) is 0.333. The van der Waals surface area contributed by atoms with E-state index in [1.807, 2.05) is 13.8 Å². The lowest BCUT2D eigenvalue weighted by molar-refractivity contribution is 0.375. The predicted molar refractivity (Wildman–Crippen MR) is 43.8 cm³/mol. The molecule has 1 aromatic carbocycles. The second-order valence-electron chi connectivity index (χ2n) is 2.99. The van der Waals surface area contributed by atoms with Gasteiger partial charge in [0, 0.05) is 0 Å². The highest BCUT2D eigenvalue weighted by Gasteiger charge is 2.13. The van der Waals surface area contributed by atoms with Crippen molar-refractivity contribution in [1.29, 1.82) is 0 Å². The van der Waals surface area contributed by atoms with Crippen LogP contribution in [0.2, 0.25) is 0 Å². The van der Waals surface area contributed by atoms with Crippen molar-refractivity contribution < 1.29 is 14.6 Å². The van der Waals surface area contributed by atoms with Crippen LogP contribution in [-0.4, -0.2) is 10.2 Å². The summed E-state index contributed by atoms with van der Waals surface area (Å²) in [5, 5.41) is 17.9. The molecule has 0 heterocycles. The van der Waals surface area contributed by atoms with E-state index in [4.69, 9.17) is 10.2 Å². The van der Waals surface area contributed by atoms with E-state index in [9.17, 15) is 4.39 Å². The maximum atomic E-state index is 13.1. The van der Waals surface area contributed by atoms with Crippen molar-refractivity contribution in [2.24, 2.45) is 0 Å². The van der Waals surface area contributed by atoms with Gasteiger partial charge in [0.25, 0.3) is 0 Å². The van der Waals surface area contributed by atoms with Gasteiger partial charge in [-0.2, -0.15) is 0 Å². The normalized spacial score (nSPS) is 10.7. The Morgan fingerprint density at radius 2 is 1.83 bits per heavy atom. The van der Waals surface area contributed by atoms with Gasteiger partial charge in [0.15, 0.2) is 17.3 Å². The van der Waals surface area contributed by atoms with Crippen molar-refractivity contribution in [1.82, 2.24) is 0 Å². The highest BCUT2D eigenvalue weighted by atomic mass is 19.1. The molecular weight excluding hydrogens is 159 g/mol.